The van der Waals surface area contributed by atoms with Crippen LogP contribution in [0.15, 0.2) is 103 Å². The van der Waals surface area contributed by atoms with Crippen LogP contribution < -0.4 is 10.6 Å². The van der Waals surface area contributed by atoms with Crippen LogP contribution in [-0.2, 0) is 19.2 Å². The number of halogens is 2. The Kier molecular flexibility index (Phi) is 12.3. The first-order chi connectivity index (χ1) is 27.5. The topological polar surface area (TPSA) is 168 Å². The molecule has 57 heavy (non-hydrogen) atoms. The van der Waals surface area contributed by atoms with E-state index in [1.165, 1.54) is 0 Å². The molecule has 5 aromatic rings. The zero-order valence-electron chi connectivity index (χ0n) is 30.9. The van der Waals surface area contributed by atoms with E-state index >= 15 is 0 Å². The third-order valence-electron chi connectivity index (χ3n) is 10.6. The Morgan fingerprint density at radius 3 is 1.56 bits per heavy atom. The van der Waals surface area contributed by atoms with Crippen LogP contribution in [-0.4, -0.2) is 79.0 Å². The molecular weight excluding hydrogens is 767 g/mol. The lowest BCUT2D eigenvalue weighted by Gasteiger charge is -2.27. The monoisotopic (exact) mass is 808 g/mol. The molecule has 1 aromatic heterocycles. The van der Waals surface area contributed by atoms with Crippen molar-refractivity contribution in [2.24, 2.45) is 0 Å². The van der Waals surface area contributed by atoms with E-state index in [4.69, 9.17) is 23.2 Å². The number of aliphatic hydroxyl groups is 2. The second kappa shape index (κ2) is 17.7. The molecule has 2 saturated heterocycles. The molecule has 2 aliphatic heterocycles. The summed E-state index contributed by atoms with van der Waals surface area (Å²) >= 11 is 12.4. The van der Waals surface area contributed by atoms with Gasteiger partial charge in [-0.3, -0.25) is 24.3 Å². The first kappa shape index (κ1) is 39.7. The molecule has 2 aliphatic rings. The number of hydrogen-bond acceptors (Lipinski definition) is 7. The maximum absolute atomic E-state index is 13.1. The number of aromatic amines is 1. The van der Waals surface area contributed by atoms with Gasteiger partial charge in [-0.2, -0.15) is 5.10 Å². The molecule has 294 valence electrons. The summed E-state index contributed by atoms with van der Waals surface area (Å²) in [4.78, 5) is 55.5. The van der Waals surface area contributed by atoms with Gasteiger partial charge in [-0.1, -0.05) is 83.9 Å². The maximum atomic E-state index is 13.1. The van der Waals surface area contributed by atoms with E-state index < -0.39 is 24.0 Å². The van der Waals surface area contributed by atoms with Gasteiger partial charge in [-0.25, -0.2) is 0 Å². The number of aromatic nitrogens is 2. The Labute approximate surface area is 339 Å². The standard InChI is InChI=1S/C43H42Cl2N6O6/c44-34-11-3-1-9-32(34)40(54)42(56)50-21-5-7-30(50)23-38(52)46-28-17-13-26(14-18-28)36-25-37(49-48-36)27-15-19-29(20-16-27)47-39(53)24-31-8-6-22-51(31)43(57)41(55)33-10-2-4-12-35(33)45/h1-4,9-20,25,30-31,40-41,54-55H,5-8,21-24H2,(H,46,52)(H,47,53)(H,48,49)/t30-,31-,40+,41+/m0/s1. The minimum Gasteiger partial charge on any atom is -0.378 e. The fraction of sp³-hybridized carbons (Fsp3) is 0.279. The van der Waals surface area contributed by atoms with Crippen LogP contribution in [0.25, 0.3) is 22.5 Å². The van der Waals surface area contributed by atoms with Crippen molar-refractivity contribution < 1.29 is 29.4 Å². The molecule has 0 saturated carbocycles. The molecular formula is C43H42Cl2N6O6. The number of benzene rings is 4. The molecule has 4 aromatic carbocycles. The molecule has 5 N–H and O–H groups in total. The Balaban J connectivity index is 0.897. The van der Waals surface area contributed by atoms with Crippen molar-refractivity contribution in [3.8, 4) is 22.5 Å². The second-order valence-corrected chi connectivity index (χ2v) is 15.1. The van der Waals surface area contributed by atoms with E-state index in [-0.39, 0.29) is 36.7 Å². The van der Waals surface area contributed by atoms with Gasteiger partial charge in [-0.15, -0.1) is 0 Å². The van der Waals surface area contributed by atoms with Crippen molar-refractivity contribution >= 4 is 58.2 Å². The third kappa shape index (κ3) is 9.21. The van der Waals surface area contributed by atoms with Gasteiger partial charge in [0.15, 0.2) is 12.2 Å². The first-order valence-corrected chi connectivity index (χ1v) is 19.6. The summed E-state index contributed by atoms with van der Waals surface area (Å²) in [7, 11) is 0. The zero-order valence-corrected chi connectivity index (χ0v) is 32.4. The predicted octanol–water partition coefficient (Wildman–Crippen LogP) is 7.16. The van der Waals surface area contributed by atoms with Gasteiger partial charge >= 0.3 is 0 Å². The number of aliphatic hydroxyl groups excluding tert-OH is 2. The lowest BCUT2D eigenvalue weighted by Crippen LogP contribution is -2.40. The van der Waals surface area contributed by atoms with Crippen molar-refractivity contribution in [2.75, 3.05) is 23.7 Å². The minimum atomic E-state index is -1.40. The number of nitrogens with one attached hydrogen (secondary N) is 3. The zero-order chi connectivity index (χ0) is 40.1. The quantitative estimate of drug-likeness (QED) is 0.0892. The normalized spacial score (nSPS) is 17.6. The van der Waals surface area contributed by atoms with Crippen molar-refractivity contribution in [1.82, 2.24) is 20.0 Å². The summed E-state index contributed by atoms with van der Waals surface area (Å²) in [5.74, 6) is -1.39. The van der Waals surface area contributed by atoms with E-state index in [1.54, 1.807) is 82.6 Å². The van der Waals surface area contributed by atoms with Crippen LogP contribution in [0.3, 0.4) is 0 Å². The highest BCUT2D eigenvalue weighted by Crippen LogP contribution is 2.31. The molecule has 3 heterocycles. The van der Waals surface area contributed by atoms with Crippen molar-refractivity contribution in [3.63, 3.8) is 0 Å². The van der Waals surface area contributed by atoms with Gasteiger partial charge < -0.3 is 30.6 Å². The molecule has 0 radical (unpaired) electrons. The van der Waals surface area contributed by atoms with Crippen molar-refractivity contribution in [2.45, 2.75) is 62.8 Å². The second-order valence-electron chi connectivity index (χ2n) is 14.3. The van der Waals surface area contributed by atoms with Gasteiger partial charge in [0.2, 0.25) is 11.8 Å². The molecule has 4 amide bonds. The van der Waals surface area contributed by atoms with E-state index in [0.717, 1.165) is 29.7 Å². The number of nitrogens with zero attached hydrogens (tertiary/aromatic N) is 3. The lowest BCUT2D eigenvalue weighted by molar-refractivity contribution is -0.142. The minimum absolute atomic E-state index is 0.102. The SMILES string of the molecule is O=C(C[C@@H]1CCCN1C(=O)[C@H](O)c1ccccc1Cl)Nc1ccc(-c2cc(-c3ccc(NC(=O)C[C@@H]4CCCN4C(=O)[C@H](O)c4ccccc4Cl)cc3)[nH]n2)cc1. The molecule has 0 unspecified atom stereocenters. The largest absolute Gasteiger partial charge is 0.378 e. The van der Waals surface area contributed by atoms with E-state index in [1.807, 2.05) is 30.3 Å². The van der Waals surface area contributed by atoms with Gasteiger partial charge in [0, 0.05) is 76.1 Å². The number of carbonyl (C=O) groups is 4. The highest BCUT2D eigenvalue weighted by atomic mass is 35.5. The van der Waals surface area contributed by atoms with Crippen LogP contribution in [0.5, 0.6) is 0 Å². The summed E-state index contributed by atoms with van der Waals surface area (Å²) in [5, 5.41) is 35.4. The molecule has 0 spiro atoms. The summed E-state index contributed by atoms with van der Waals surface area (Å²) in [6.45, 7) is 0.923. The fourth-order valence-corrected chi connectivity index (χ4v) is 8.06. The Morgan fingerprint density at radius 2 is 1.11 bits per heavy atom. The van der Waals surface area contributed by atoms with Crippen LogP contribution in [0.2, 0.25) is 10.0 Å². The Morgan fingerprint density at radius 1 is 0.667 bits per heavy atom. The highest BCUT2D eigenvalue weighted by molar-refractivity contribution is 6.32. The van der Waals surface area contributed by atoms with Gasteiger partial charge in [0.1, 0.15) is 0 Å². The average molecular weight is 810 g/mol. The number of H-pyrrole nitrogens is 1. The number of carbonyl (C=O) groups excluding carboxylic acids is 4. The summed E-state index contributed by atoms with van der Waals surface area (Å²) in [6, 6.07) is 29.3. The fourth-order valence-electron chi connectivity index (χ4n) is 7.58. The maximum Gasteiger partial charge on any atom is 0.256 e. The molecule has 14 heteroatoms. The molecule has 0 bridgehead atoms. The molecule has 4 atom stereocenters. The predicted molar refractivity (Wildman–Crippen MR) is 218 cm³/mol. The number of likely N-dealkylation sites (tertiary alicyclic amines) is 2. The number of hydrogen-bond donors (Lipinski definition) is 5. The van der Waals surface area contributed by atoms with E-state index in [2.05, 4.69) is 20.8 Å². The summed E-state index contributed by atoms with van der Waals surface area (Å²) < 4.78 is 0. The van der Waals surface area contributed by atoms with Crippen molar-refractivity contribution in [1.29, 1.82) is 0 Å². The van der Waals surface area contributed by atoms with E-state index in [0.29, 0.717) is 64.2 Å². The lowest BCUT2D eigenvalue weighted by atomic mass is 10.1. The first-order valence-electron chi connectivity index (χ1n) is 18.9. The number of rotatable bonds is 12. The highest BCUT2D eigenvalue weighted by Gasteiger charge is 2.36. The number of amides is 4. The van der Waals surface area contributed by atoms with Crippen molar-refractivity contribution in [3.05, 3.63) is 124 Å². The summed E-state index contributed by atoms with van der Waals surface area (Å²) in [6.07, 6.45) is 0.215. The smallest absolute Gasteiger partial charge is 0.256 e. The molecule has 7 rings (SSSR count). The Hall–Kier alpha value is -5.53. The average Bonchev–Trinajstić information content (AvgIpc) is 4.00. The molecule has 2 fully saturated rings. The van der Waals surface area contributed by atoms with Gasteiger partial charge in [-0.05, 0) is 73.7 Å². The van der Waals surface area contributed by atoms with Gasteiger partial charge in [0.05, 0.1) is 11.4 Å². The number of anilines is 2. The van der Waals surface area contributed by atoms with E-state index in [9.17, 15) is 29.4 Å². The molecule has 12 nitrogen and oxygen atoms in total. The van der Waals surface area contributed by atoms with Crippen LogP contribution in [0.1, 0.15) is 61.9 Å². The van der Waals surface area contributed by atoms with Crippen LogP contribution in [0, 0.1) is 0 Å². The Bertz CT molecular complexity index is 2090. The van der Waals surface area contributed by atoms with Crippen LogP contribution >= 0.6 is 23.2 Å². The van der Waals surface area contributed by atoms with Crippen LogP contribution in [0.4, 0.5) is 11.4 Å². The molecule has 0 aliphatic carbocycles. The van der Waals surface area contributed by atoms with Gasteiger partial charge in [0.25, 0.3) is 11.8 Å². The summed E-state index contributed by atoms with van der Waals surface area (Å²) in [5.41, 5.74) is 5.06. The third-order valence-corrected chi connectivity index (χ3v) is 11.2.